The lowest BCUT2D eigenvalue weighted by Gasteiger charge is -2.12. The molecule has 1 amide bonds. The van der Waals surface area contributed by atoms with Crippen molar-refractivity contribution in [1.29, 1.82) is 0 Å². The third-order valence-electron chi connectivity index (χ3n) is 2.62. The second-order valence-electron chi connectivity index (χ2n) is 3.92. The third-order valence-corrected chi connectivity index (χ3v) is 3.11. The summed E-state index contributed by atoms with van der Waals surface area (Å²) in [5, 5.41) is 0. The van der Waals surface area contributed by atoms with E-state index in [9.17, 15) is 4.79 Å². The molecule has 0 fully saturated rings. The van der Waals surface area contributed by atoms with Crippen LogP contribution in [0.2, 0.25) is 0 Å². The molecule has 5 heteroatoms. The van der Waals surface area contributed by atoms with Gasteiger partial charge in [-0.1, -0.05) is 34.1 Å². The number of amides is 1. The van der Waals surface area contributed by atoms with Crippen molar-refractivity contribution in [1.82, 2.24) is 0 Å². The Hall–Kier alpha value is -1.85. The molecule has 0 saturated heterocycles. The largest absolute Gasteiger partial charge is 0.456 e. The van der Waals surface area contributed by atoms with Crippen molar-refractivity contribution in [3.8, 4) is 11.5 Å². The molecule has 2 rings (SSSR count). The number of ether oxygens (including phenoxy) is 1. The van der Waals surface area contributed by atoms with Crippen molar-refractivity contribution in [3.05, 3.63) is 58.1 Å². The van der Waals surface area contributed by atoms with E-state index in [1.165, 1.54) is 0 Å². The van der Waals surface area contributed by atoms with Crippen LogP contribution >= 0.6 is 15.9 Å². The SMILES string of the molecule is NCc1ccc(Br)cc1Oc1ccccc1C(N)=O. The Balaban J connectivity index is 2.41. The first-order valence-corrected chi connectivity index (χ1v) is 6.46. The second kappa shape index (κ2) is 5.86. The van der Waals surface area contributed by atoms with Crippen LogP contribution in [0.5, 0.6) is 11.5 Å². The van der Waals surface area contributed by atoms with Crippen LogP contribution in [0.25, 0.3) is 0 Å². The lowest BCUT2D eigenvalue weighted by molar-refractivity contribution is 0.0998. The third kappa shape index (κ3) is 3.13. The van der Waals surface area contributed by atoms with Gasteiger partial charge in [-0.3, -0.25) is 4.79 Å². The van der Waals surface area contributed by atoms with E-state index < -0.39 is 5.91 Å². The van der Waals surface area contributed by atoms with Crippen LogP contribution in [-0.4, -0.2) is 5.91 Å². The molecule has 0 saturated carbocycles. The molecule has 0 aliphatic carbocycles. The molecule has 0 heterocycles. The minimum Gasteiger partial charge on any atom is -0.456 e. The van der Waals surface area contributed by atoms with E-state index in [-0.39, 0.29) is 0 Å². The molecule has 4 N–H and O–H groups in total. The summed E-state index contributed by atoms with van der Waals surface area (Å²) in [6.07, 6.45) is 0. The maximum absolute atomic E-state index is 11.3. The maximum Gasteiger partial charge on any atom is 0.252 e. The standard InChI is InChI=1S/C14H13BrN2O2/c15-10-6-5-9(8-16)13(7-10)19-12-4-2-1-3-11(12)14(17)18/h1-7H,8,16H2,(H2,17,18). The quantitative estimate of drug-likeness (QED) is 0.909. The van der Waals surface area contributed by atoms with E-state index in [1.54, 1.807) is 30.3 Å². The summed E-state index contributed by atoms with van der Waals surface area (Å²) in [5.74, 6) is 0.494. The number of halogens is 1. The Labute approximate surface area is 119 Å². The number of para-hydroxylation sites is 1. The highest BCUT2D eigenvalue weighted by molar-refractivity contribution is 9.10. The Morgan fingerprint density at radius 1 is 1.16 bits per heavy atom. The molecule has 0 radical (unpaired) electrons. The molecule has 4 nitrogen and oxygen atoms in total. The van der Waals surface area contributed by atoms with E-state index in [1.807, 2.05) is 12.1 Å². The van der Waals surface area contributed by atoms with Gasteiger partial charge >= 0.3 is 0 Å². The van der Waals surface area contributed by atoms with Gasteiger partial charge < -0.3 is 16.2 Å². The molecule has 0 aliphatic rings. The summed E-state index contributed by atoms with van der Waals surface area (Å²) in [7, 11) is 0. The Morgan fingerprint density at radius 2 is 1.89 bits per heavy atom. The molecule has 0 aromatic heterocycles. The van der Waals surface area contributed by atoms with Gasteiger partial charge in [0.15, 0.2) is 0 Å². The van der Waals surface area contributed by atoms with Crippen LogP contribution in [0.4, 0.5) is 0 Å². The zero-order valence-electron chi connectivity index (χ0n) is 10.1. The number of carbonyl (C=O) groups excluding carboxylic acids is 1. The highest BCUT2D eigenvalue weighted by Gasteiger charge is 2.11. The number of primary amides is 1. The van der Waals surface area contributed by atoms with Gasteiger partial charge in [0, 0.05) is 16.6 Å². The number of hydrogen-bond donors (Lipinski definition) is 2. The van der Waals surface area contributed by atoms with E-state index in [2.05, 4.69) is 15.9 Å². The summed E-state index contributed by atoms with van der Waals surface area (Å²) in [4.78, 5) is 11.3. The van der Waals surface area contributed by atoms with Crippen LogP contribution in [0.15, 0.2) is 46.9 Å². The molecule has 0 aliphatic heterocycles. The van der Waals surface area contributed by atoms with Crippen molar-refractivity contribution in [2.75, 3.05) is 0 Å². The predicted octanol–water partition coefficient (Wildman–Crippen LogP) is 2.80. The molecule has 0 unspecified atom stereocenters. The maximum atomic E-state index is 11.3. The predicted molar refractivity (Wildman–Crippen MR) is 77.1 cm³/mol. The van der Waals surface area contributed by atoms with E-state index in [0.29, 0.717) is 23.6 Å². The molecule has 2 aromatic rings. The van der Waals surface area contributed by atoms with Crippen LogP contribution < -0.4 is 16.2 Å². The lowest BCUT2D eigenvalue weighted by atomic mass is 10.1. The van der Waals surface area contributed by atoms with Crippen molar-refractivity contribution >= 4 is 21.8 Å². The summed E-state index contributed by atoms with van der Waals surface area (Å²) < 4.78 is 6.63. The fraction of sp³-hybridized carbons (Fsp3) is 0.0714. The number of nitrogens with two attached hydrogens (primary N) is 2. The summed E-state index contributed by atoms with van der Waals surface area (Å²) in [6.45, 7) is 0.349. The average molecular weight is 321 g/mol. The van der Waals surface area contributed by atoms with Crippen LogP contribution in [0, 0.1) is 0 Å². The van der Waals surface area contributed by atoms with Crippen molar-refractivity contribution < 1.29 is 9.53 Å². The number of hydrogen-bond acceptors (Lipinski definition) is 3. The van der Waals surface area contributed by atoms with Gasteiger partial charge in [0.25, 0.3) is 5.91 Å². The zero-order chi connectivity index (χ0) is 13.8. The highest BCUT2D eigenvalue weighted by Crippen LogP contribution is 2.30. The van der Waals surface area contributed by atoms with E-state index in [4.69, 9.17) is 16.2 Å². The summed E-state index contributed by atoms with van der Waals surface area (Å²) >= 11 is 3.37. The molecule has 98 valence electrons. The second-order valence-corrected chi connectivity index (χ2v) is 4.83. The number of carbonyl (C=O) groups is 1. The molecule has 2 aromatic carbocycles. The minimum absolute atomic E-state index is 0.338. The smallest absolute Gasteiger partial charge is 0.252 e. The molecular formula is C14H13BrN2O2. The highest BCUT2D eigenvalue weighted by atomic mass is 79.9. The van der Waals surface area contributed by atoms with Crippen molar-refractivity contribution in [2.24, 2.45) is 11.5 Å². The summed E-state index contributed by atoms with van der Waals surface area (Å²) in [6, 6.07) is 12.4. The molecule has 0 spiro atoms. The normalized spacial score (nSPS) is 10.2. The molecule has 0 atom stereocenters. The molecular weight excluding hydrogens is 308 g/mol. The molecule has 0 bridgehead atoms. The topological polar surface area (TPSA) is 78.3 Å². The first-order chi connectivity index (χ1) is 9.11. The van der Waals surface area contributed by atoms with Crippen molar-refractivity contribution in [3.63, 3.8) is 0 Å². The Kier molecular flexibility index (Phi) is 4.19. The van der Waals surface area contributed by atoms with Crippen LogP contribution in [0.1, 0.15) is 15.9 Å². The zero-order valence-corrected chi connectivity index (χ0v) is 11.7. The van der Waals surface area contributed by atoms with Gasteiger partial charge in [-0.15, -0.1) is 0 Å². The molecule has 19 heavy (non-hydrogen) atoms. The van der Waals surface area contributed by atoms with Crippen LogP contribution in [0.3, 0.4) is 0 Å². The van der Waals surface area contributed by atoms with Gasteiger partial charge in [0.05, 0.1) is 5.56 Å². The number of benzene rings is 2. The van der Waals surface area contributed by atoms with Gasteiger partial charge in [0.1, 0.15) is 11.5 Å². The Morgan fingerprint density at radius 3 is 2.58 bits per heavy atom. The van der Waals surface area contributed by atoms with Crippen molar-refractivity contribution in [2.45, 2.75) is 6.54 Å². The van der Waals surface area contributed by atoms with E-state index >= 15 is 0 Å². The monoisotopic (exact) mass is 320 g/mol. The van der Waals surface area contributed by atoms with Gasteiger partial charge in [-0.2, -0.15) is 0 Å². The first-order valence-electron chi connectivity index (χ1n) is 5.67. The van der Waals surface area contributed by atoms with Gasteiger partial charge in [-0.05, 0) is 24.3 Å². The van der Waals surface area contributed by atoms with E-state index in [0.717, 1.165) is 10.0 Å². The lowest BCUT2D eigenvalue weighted by Crippen LogP contribution is -2.12. The fourth-order valence-electron chi connectivity index (χ4n) is 1.67. The van der Waals surface area contributed by atoms with Gasteiger partial charge in [0.2, 0.25) is 0 Å². The summed E-state index contributed by atoms with van der Waals surface area (Å²) in [5.41, 5.74) is 12.2. The fourth-order valence-corrected chi connectivity index (χ4v) is 2.01. The van der Waals surface area contributed by atoms with Gasteiger partial charge in [-0.25, -0.2) is 0 Å². The first kappa shape index (κ1) is 13.6. The minimum atomic E-state index is -0.528. The van der Waals surface area contributed by atoms with Crippen LogP contribution in [-0.2, 0) is 6.54 Å². The average Bonchev–Trinajstić information content (AvgIpc) is 2.39. The number of rotatable bonds is 4. The Bertz CT molecular complexity index is 614.